The van der Waals surface area contributed by atoms with Crippen molar-refractivity contribution in [1.29, 1.82) is 0 Å². The molecule has 8 heteroatoms. The Morgan fingerprint density at radius 3 is 2.88 bits per heavy atom. The minimum atomic E-state index is -0.485. The Morgan fingerprint density at radius 1 is 1.38 bits per heavy atom. The Hall–Kier alpha value is -1.99. The number of benzene rings is 1. The largest absolute Gasteiger partial charge is 0.489 e. The van der Waals surface area contributed by atoms with Crippen LogP contribution in [0.5, 0.6) is 11.5 Å². The summed E-state index contributed by atoms with van der Waals surface area (Å²) >= 11 is 11.6. The maximum Gasteiger partial charge on any atom is 0.337 e. The third-order valence-corrected chi connectivity index (χ3v) is 4.33. The second-order valence-corrected chi connectivity index (χ2v) is 6.26. The summed E-state index contributed by atoms with van der Waals surface area (Å²) in [6.07, 6.45) is 0.780. The molecule has 6 nitrogen and oxygen atoms in total. The summed E-state index contributed by atoms with van der Waals surface area (Å²) in [7, 11) is 1.34. The molecule has 1 aromatic rings. The molecule has 2 N–H and O–H groups in total. The fraction of sp³-hybridized carbons (Fsp3) is 0.375. The van der Waals surface area contributed by atoms with Crippen LogP contribution in [0, 0.1) is 0 Å². The Bertz CT molecular complexity index is 735. The van der Waals surface area contributed by atoms with Crippen molar-refractivity contribution in [2.75, 3.05) is 20.3 Å². The molecule has 0 unspecified atom stereocenters. The molecule has 0 amide bonds. The van der Waals surface area contributed by atoms with Gasteiger partial charge in [0.25, 0.3) is 0 Å². The fourth-order valence-corrected chi connectivity index (χ4v) is 3.29. The van der Waals surface area contributed by atoms with Gasteiger partial charge >= 0.3 is 5.97 Å². The molecule has 0 aromatic heterocycles. The van der Waals surface area contributed by atoms with Crippen LogP contribution in [0.4, 0.5) is 0 Å². The van der Waals surface area contributed by atoms with Gasteiger partial charge in [0.2, 0.25) is 0 Å². The summed E-state index contributed by atoms with van der Waals surface area (Å²) in [4.78, 5) is 12.2. The van der Waals surface area contributed by atoms with Crippen LogP contribution >= 0.6 is 23.8 Å². The fourth-order valence-electron chi connectivity index (χ4n) is 2.74. The third kappa shape index (κ3) is 3.14. The van der Waals surface area contributed by atoms with Crippen molar-refractivity contribution in [3.05, 3.63) is 34.0 Å². The molecule has 128 valence electrons. The first-order valence-electron chi connectivity index (χ1n) is 7.47. The summed E-state index contributed by atoms with van der Waals surface area (Å²) < 4.78 is 16.3. The average Bonchev–Trinajstić information content (AvgIpc) is 2.79. The highest BCUT2D eigenvalue weighted by Gasteiger charge is 2.32. The zero-order valence-electron chi connectivity index (χ0n) is 13.3. The zero-order valence-corrected chi connectivity index (χ0v) is 14.8. The van der Waals surface area contributed by atoms with Crippen LogP contribution in [0.25, 0.3) is 0 Å². The van der Waals surface area contributed by atoms with E-state index in [9.17, 15) is 4.79 Å². The molecule has 0 bridgehead atoms. The second kappa shape index (κ2) is 6.86. The van der Waals surface area contributed by atoms with Gasteiger partial charge in [-0.1, -0.05) is 11.6 Å². The average molecular weight is 369 g/mol. The quantitative estimate of drug-likeness (QED) is 0.614. The molecule has 2 heterocycles. The van der Waals surface area contributed by atoms with Crippen LogP contribution in [0.1, 0.15) is 24.9 Å². The van der Waals surface area contributed by atoms with Crippen LogP contribution in [0.3, 0.4) is 0 Å². The van der Waals surface area contributed by atoms with Crippen molar-refractivity contribution in [1.82, 2.24) is 10.6 Å². The Labute approximate surface area is 150 Å². The van der Waals surface area contributed by atoms with Gasteiger partial charge in [-0.2, -0.15) is 0 Å². The predicted molar refractivity (Wildman–Crippen MR) is 93.4 cm³/mol. The molecule has 0 spiro atoms. The number of nitrogens with one attached hydrogen (secondary N) is 2. The minimum Gasteiger partial charge on any atom is -0.489 e. The number of halogens is 1. The lowest BCUT2D eigenvalue weighted by Gasteiger charge is -2.30. The summed E-state index contributed by atoms with van der Waals surface area (Å²) in [5.74, 6) is 0.640. The number of hydrogen-bond acceptors (Lipinski definition) is 5. The van der Waals surface area contributed by atoms with Gasteiger partial charge in [0.05, 0.1) is 37.0 Å². The summed E-state index contributed by atoms with van der Waals surface area (Å²) in [5, 5.41) is 6.88. The van der Waals surface area contributed by atoms with E-state index in [1.807, 2.05) is 6.07 Å². The molecule has 0 fully saturated rings. The van der Waals surface area contributed by atoms with Crippen LogP contribution in [0.2, 0.25) is 5.02 Å². The Kier molecular flexibility index (Phi) is 4.82. The predicted octanol–water partition coefficient (Wildman–Crippen LogP) is 2.47. The molecule has 3 rings (SSSR count). The topological polar surface area (TPSA) is 68.8 Å². The molecule has 1 aromatic carbocycles. The molecule has 0 aliphatic carbocycles. The van der Waals surface area contributed by atoms with Crippen LogP contribution in [-0.4, -0.2) is 31.4 Å². The molecular weight excluding hydrogens is 352 g/mol. The summed E-state index contributed by atoms with van der Waals surface area (Å²) in [6.45, 7) is 2.87. The van der Waals surface area contributed by atoms with Gasteiger partial charge in [-0.15, -0.1) is 0 Å². The first-order valence-corrected chi connectivity index (χ1v) is 8.25. The van der Waals surface area contributed by atoms with Gasteiger partial charge in [-0.25, -0.2) is 4.79 Å². The Balaban J connectivity index is 2.07. The van der Waals surface area contributed by atoms with E-state index in [2.05, 4.69) is 10.6 Å². The molecule has 0 radical (unpaired) electrons. The smallest absolute Gasteiger partial charge is 0.337 e. The van der Waals surface area contributed by atoms with Gasteiger partial charge in [-0.05, 0) is 36.8 Å². The maximum atomic E-state index is 12.2. The van der Waals surface area contributed by atoms with Gasteiger partial charge in [0.1, 0.15) is 0 Å². The minimum absolute atomic E-state index is 0.424. The van der Waals surface area contributed by atoms with Gasteiger partial charge in [0, 0.05) is 12.1 Å². The third-order valence-electron chi connectivity index (χ3n) is 3.83. The molecule has 2 aliphatic heterocycles. The van der Waals surface area contributed by atoms with Crippen LogP contribution in [0.15, 0.2) is 23.4 Å². The van der Waals surface area contributed by atoms with E-state index in [1.54, 1.807) is 13.0 Å². The van der Waals surface area contributed by atoms with Crippen molar-refractivity contribution in [2.24, 2.45) is 0 Å². The number of esters is 1. The van der Waals surface area contributed by atoms with Crippen molar-refractivity contribution < 1.29 is 19.0 Å². The molecule has 0 saturated heterocycles. The number of ether oxygens (including phenoxy) is 3. The second-order valence-electron chi connectivity index (χ2n) is 5.44. The number of hydrogen-bond donors (Lipinski definition) is 2. The SMILES string of the molecule is COC(=O)C1=C(C)NC(=S)N[C@H]1c1cc(Cl)c2c(c1)OCCCO2. The standard InChI is InChI=1S/C16H17ClN2O4S/c1-8-12(15(20)21-2)13(19-16(24)18-8)9-6-10(17)14-11(7-9)22-4-3-5-23-14/h6-7,13H,3-5H2,1-2H3,(H2,18,19,24)/t13-/m0/s1. The maximum absolute atomic E-state index is 12.2. The van der Waals surface area contributed by atoms with Gasteiger partial charge < -0.3 is 24.8 Å². The van der Waals surface area contributed by atoms with E-state index in [0.717, 1.165) is 12.0 Å². The van der Waals surface area contributed by atoms with Crippen LogP contribution in [-0.2, 0) is 9.53 Å². The molecule has 24 heavy (non-hydrogen) atoms. The lowest BCUT2D eigenvalue weighted by Crippen LogP contribution is -2.45. The first-order chi connectivity index (χ1) is 11.5. The molecule has 0 saturated carbocycles. The number of methoxy groups -OCH3 is 1. The van der Waals surface area contributed by atoms with Gasteiger partial charge in [0.15, 0.2) is 16.6 Å². The monoisotopic (exact) mass is 368 g/mol. The number of thiocarbonyl (C=S) groups is 1. The Morgan fingerprint density at radius 2 is 2.12 bits per heavy atom. The highest BCUT2D eigenvalue weighted by atomic mass is 35.5. The van der Waals surface area contributed by atoms with Crippen molar-refractivity contribution >= 4 is 34.9 Å². The highest BCUT2D eigenvalue weighted by molar-refractivity contribution is 7.80. The van der Waals surface area contributed by atoms with Crippen molar-refractivity contribution in [2.45, 2.75) is 19.4 Å². The van der Waals surface area contributed by atoms with E-state index >= 15 is 0 Å². The number of allylic oxidation sites excluding steroid dienone is 1. The number of fused-ring (bicyclic) bond motifs is 1. The van der Waals surface area contributed by atoms with E-state index in [0.29, 0.717) is 46.1 Å². The van der Waals surface area contributed by atoms with E-state index in [1.165, 1.54) is 7.11 Å². The number of carbonyl (C=O) groups excluding carboxylic acids is 1. The number of carbonyl (C=O) groups is 1. The van der Waals surface area contributed by atoms with Crippen LogP contribution < -0.4 is 20.1 Å². The normalized spacial score (nSPS) is 20.0. The highest BCUT2D eigenvalue weighted by Crippen LogP contribution is 2.41. The molecule has 2 aliphatic rings. The van der Waals surface area contributed by atoms with E-state index in [4.69, 9.17) is 38.0 Å². The summed E-state index contributed by atoms with van der Waals surface area (Å²) in [5.41, 5.74) is 1.82. The van der Waals surface area contributed by atoms with Crippen molar-refractivity contribution in [3.8, 4) is 11.5 Å². The molecule has 1 atom stereocenters. The van der Waals surface area contributed by atoms with Crippen molar-refractivity contribution in [3.63, 3.8) is 0 Å². The first kappa shape index (κ1) is 16.9. The van der Waals surface area contributed by atoms with Gasteiger partial charge in [-0.3, -0.25) is 0 Å². The number of rotatable bonds is 2. The molecular formula is C16H17ClN2O4S. The van der Waals surface area contributed by atoms with E-state index in [-0.39, 0.29) is 0 Å². The van der Waals surface area contributed by atoms with E-state index < -0.39 is 12.0 Å². The lowest BCUT2D eigenvalue weighted by molar-refractivity contribution is -0.136. The summed E-state index contributed by atoms with van der Waals surface area (Å²) in [6, 6.07) is 3.08. The lowest BCUT2D eigenvalue weighted by atomic mass is 9.95. The zero-order chi connectivity index (χ0) is 17.3.